The standard InChI is InChI=1S/C9H9N5O3S/c1-13-6(15)5(7(16)14(2)9(13)17)11-12-8-10-3-4-18-8/h3-5H,1-2H3. The molecule has 0 spiro atoms. The summed E-state index contributed by atoms with van der Waals surface area (Å²) in [7, 11) is 2.58. The van der Waals surface area contributed by atoms with E-state index in [4.69, 9.17) is 0 Å². The topological polar surface area (TPSA) is 95.3 Å². The van der Waals surface area contributed by atoms with Crippen molar-refractivity contribution in [3.05, 3.63) is 11.6 Å². The summed E-state index contributed by atoms with van der Waals surface area (Å²) in [4.78, 5) is 40.5. The number of carbonyl (C=O) groups is 3. The molecule has 2 heterocycles. The molecule has 4 amide bonds. The highest BCUT2D eigenvalue weighted by molar-refractivity contribution is 7.13. The van der Waals surface area contributed by atoms with E-state index in [1.54, 1.807) is 5.38 Å². The first-order valence-corrected chi connectivity index (χ1v) is 5.80. The van der Waals surface area contributed by atoms with Gasteiger partial charge in [0.1, 0.15) is 0 Å². The van der Waals surface area contributed by atoms with Crippen LogP contribution in [0.25, 0.3) is 0 Å². The summed E-state index contributed by atoms with van der Waals surface area (Å²) in [5.41, 5.74) is 0. The molecule has 0 saturated carbocycles. The van der Waals surface area contributed by atoms with Gasteiger partial charge in [0.15, 0.2) is 0 Å². The van der Waals surface area contributed by atoms with Crippen LogP contribution in [0.5, 0.6) is 0 Å². The molecule has 1 fully saturated rings. The number of hydrogen-bond acceptors (Lipinski definition) is 7. The monoisotopic (exact) mass is 267 g/mol. The number of urea groups is 1. The second-order valence-corrected chi connectivity index (χ2v) is 4.38. The van der Waals surface area contributed by atoms with Gasteiger partial charge in [-0.3, -0.25) is 19.4 Å². The predicted molar refractivity (Wildman–Crippen MR) is 61.4 cm³/mol. The first-order valence-electron chi connectivity index (χ1n) is 4.92. The van der Waals surface area contributed by atoms with Gasteiger partial charge < -0.3 is 0 Å². The Morgan fingerprint density at radius 2 is 1.83 bits per heavy atom. The lowest BCUT2D eigenvalue weighted by atomic mass is 10.2. The molecule has 0 aliphatic carbocycles. The van der Waals surface area contributed by atoms with Gasteiger partial charge in [-0.15, -0.1) is 16.5 Å². The number of carbonyl (C=O) groups excluding carboxylic acids is 3. The number of azo groups is 1. The maximum absolute atomic E-state index is 11.7. The first-order chi connectivity index (χ1) is 8.52. The van der Waals surface area contributed by atoms with Crippen LogP contribution in [0.15, 0.2) is 21.8 Å². The molecular formula is C9H9N5O3S. The number of rotatable bonds is 2. The largest absolute Gasteiger partial charge is 0.333 e. The zero-order valence-corrected chi connectivity index (χ0v) is 10.4. The van der Waals surface area contributed by atoms with E-state index < -0.39 is 23.9 Å². The van der Waals surface area contributed by atoms with Crippen LogP contribution in [-0.2, 0) is 9.59 Å². The summed E-state index contributed by atoms with van der Waals surface area (Å²) in [6.45, 7) is 0. The zero-order chi connectivity index (χ0) is 13.3. The van der Waals surface area contributed by atoms with Crippen LogP contribution in [0.3, 0.4) is 0 Å². The minimum Gasteiger partial charge on any atom is -0.271 e. The summed E-state index contributed by atoms with van der Waals surface area (Å²) in [5.74, 6) is -1.38. The van der Waals surface area contributed by atoms with E-state index in [9.17, 15) is 14.4 Å². The fourth-order valence-corrected chi connectivity index (χ4v) is 1.82. The van der Waals surface area contributed by atoms with E-state index in [-0.39, 0.29) is 0 Å². The summed E-state index contributed by atoms with van der Waals surface area (Å²) < 4.78 is 0. The first kappa shape index (κ1) is 12.3. The molecule has 1 aromatic heterocycles. The number of likely N-dealkylation sites (N-methyl/N-ethyl adjacent to an activating group) is 2. The molecule has 1 aromatic rings. The Hall–Kier alpha value is -2.16. The van der Waals surface area contributed by atoms with Crippen LogP contribution >= 0.6 is 11.3 Å². The fraction of sp³-hybridized carbons (Fsp3) is 0.333. The van der Waals surface area contributed by atoms with E-state index in [0.29, 0.717) is 5.13 Å². The van der Waals surface area contributed by atoms with Gasteiger partial charge in [-0.05, 0) is 0 Å². The summed E-state index contributed by atoms with van der Waals surface area (Å²) >= 11 is 1.23. The molecule has 1 saturated heterocycles. The van der Waals surface area contributed by atoms with Crippen molar-refractivity contribution < 1.29 is 14.4 Å². The van der Waals surface area contributed by atoms with Crippen molar-refractivity contribution in [2.75, 3.05) is 14.1 Å². The van der Waals surface area contributed by atoms with Gasteiger partial charge in [0, 0.05) is 25.7 Å². The lowest BCUT2D eigenvalue weighted by Crippen LogP contribution is -2.58. The average molecular weight is 267 g/mol. The average Bonchev–Trinajstić information content (AvgIpc) is 2.87. The molecule has 18 heavy (non-hydrogen) atoms. The molecule has 0 radical (unpaired) electrons. The minimum absolute atomic E-state index is 0.345. The van der Waals surface area contributed by atoms with Gasteiger partial charge in [-0.25, -0.2) is 9.78 Å². The highest BCUT2D eigenvalue weighted by Gasteiger charge is 2.42. The maximum Gasteiger partial charge on any atom is 0.333 e. The Labute approximate surface area is 106 Å². The van der Waals surface area contributed by atoms with Crippen molar-refractivity contribution in [2.45, 2.75) is 6.04 Å². The number of hydrogen-bond donors (Lipinski definition) is 0. The highest BCUT2D eigenvalue weighted by Crippen LogP contribution is 2.18. The van der Waals surface area contributed by atoms with E-state index in [0.717, 1.165) is 9.80 Å². The third-order valence-electron chi connectivity index (χ3n) is 2.38. The Bertz CT molecular complexity index is 502. The molecule has 0 N–H and O–H groups in total. The van der Waals surface area contributed by atoms with Crippen LogP contribution in [-0.4, -0.2) is 52.8 Å². The normalized spacial score (nSPS) is 18.2. The number of barbiturate groups is 1. The van der Waals surface area contributed by atoms with Gasteiger partial charge in [0.25, 0.3) is 11.8 Å². The quantitative estimate of drug-likeness (QED) is 0.580. The lowest BCUT2D eigenvalue weighted by Gasteiger charge is -2.30. The highest BCUT2D eigenvalue weighted by atomic mass is 32.1. The molecule has 0 atom stereocenters. The summed E-state index contributed by atoms with van der Waals surface area (Å²) in [6.07, 6.45) is 1.53. The molecule has 1 aliphatic heterocycles. The van der Waals surface area contributed by atoms with Gasteiger partial charge in [-0.2, -0.15) is 5.11 Å². The van der Waals surface area contributed by atoms with E-state index in [1.165, 1.54) is 31.6 Å². The molecular weight excluding hydrogens is 258 g/mol. The number of thiazole rings is 1. The molecule has 0 unspecified atom stereocenters. The van der Waals surface area contributed by atoms with Gasteiger partial charge >= 0.3 is 6.03 Å². The smallest absolute Gasteiger partial charge is 0.271 e. The Morgan fingerprint density at radius 3 is 2.33 bits per heavy atom. The van der Waals surface area contributed by atoms with Crippen molar-refractivity contribution in [2.24, 2.45) is 10.2 Å². The number of aromatic nitrogens is 1. The second-order valence-electron chi connectivity index (χ2n) is 3.51. The zero-order valence-electron chi connectivity index (χ0n) is 9.60. The molecule has 1 aliphatic rings. The molecule has 8 nitrogen and oxygen atoms in total. The van der Waals surface area contributed by atoms with Crippen molar-refractivity contribution in [3.63, 3.8) is 0 Å². The lowest BCUT2D eigenvalue weighted by molar-refractivity contribution is -0.143. The number of amides is 4. The van der Waals surface area contributed by atoms with Crippen LogP contribution in [0.2, 0.25) is 0 Å². The Balaban J connectivity index is 2.24. The number of imide groups is 2. The SMILES string of the molecule is CN1C(=O)C(N=Nc2nccs2)C(=O)N(C)C1=O. The molecule has 94 valence electrons. The third-order valence-corrected chi connectivity index (χ3v) is 3.04. The molecule has 0 bridgehead atoms. The minimum atomic E-state index is -1.32. The molecule has 2 rings (SSSR count). The van der Waals surface area contributed by atoms with Gasteiger partial charge in [0.05, 0.1) is 0 Å². The summed E-state index contributed by atoms with van der Waals surface area (Å²) in [5, 5.41) is 9.41. The Morgan fingerprint density at radius 1 is 1.22 bits per heavy atom. The second kappa shape index (κ2) is 4.61. The van der Waals surface area contributed by atoms with Crippen molar-refractivity contribution in [1.29, 1.82) is 0 Å². The fourth-order valence-electron chi connectivity index (χ4n) is 1.36. The predicted octanol–water partition coefficient (Wildman–Crippen LogP) is 0.646. The number of nitrogens with zero attached hydrogens (tertiary/aromatic N) is 5. The van der Waals surface area contributed by atoms with Crippen molar-refractivity contribution in [3.8, 4) is 0 Å². The van der Waals surface area contributed by atoms with Crippen LogP contribution in [0.4, 0.5) is 9.93 Å². The summed E-state index contributed by atoms with van der Waals surface area (Å²) in [6, 6.07) is -1.99. The molecule has 0 aromatic carbocycles. The van der Waals surface area contributed by atoms with Crippen molar-refractivity contribution >= 4 is 34.3 Å². The van der Waals surface area contributed by atoms with Crippen LogP contribution < -0.4 is 0 Å². The van der Waals surface area contributed by atoms with Crippen LogP contribution in [0, 0.1) is 0 Å². The van der Waals surface area contributed by atoms with E-state index in [1.807, 2.05) is 0 Å². The van der Waals surface area contributed by atoms with Gasteiger partial charge in [0.2, 0.25) is 11.2 Å². The third kappa shape index (κ3) is 1.99. The van der Waals surface area contributed by atoms with Crippen LogP contribution in [0.1, 0.15) is 0 Å². The van der Waals surface area contributed by atoms with E-state index >= 15 is 0 Å². The maximum atomic E-state index is 11.7. The van der Waals surface area contributed by atoms with Gasteiger partial charge in [-0.1, -0.05) is 0 Å². The Kier molecular flexibility index (Phi) is 3.15. The molecule has 9 heteroatoms. The van der Waals surface area contributed by atoms with Crippen molar-refractivity contribution in [1.82, 2.24) is 14.8 Å². The van der Waals surface area contributed by atoms with E-state index in [2.05, 4.69) is 15.2 Å².